The number of halogens is 1. The van der Waals surface area contributed by atoms with Crippen molar-refractivity contribution in [2.75, 3.05) is 23.8 Å². The molecule has 1 heterocycles. The third-order valence-electron chi connectivity index (χ3n) is 5.38. The molecule has 0 aliphatic rings. The number of nitrogens with zero attached hydrogens (tertiary/aromatic N) is 2. The monoisotopic (exact) mass is 508 g/mol. The summed E-state index contributed by atoms with van der Waals surface area (Å²) in [6.07, 6.45) is 5.51. The number of carbonyl (C=O) groups excluding carboxylic acids is 2. The minimum atomic E-state index is -0.357. The molecule has 37 heavy (non-hydrogen) atoms. The largest absolute Gasteiger partial charge is 0.468 e. The normalized spacial score (nSPS) is 10.6. The van der Waals surface area contributed by atoms with Gasteiger partial charge in [0.1, 0.15) is 5.82 Å². The molecular formula is C29H37FN4O3. The Labute approximate surface area is 218 Å². The van der Waals surface area contributed by atoms with Gasteiger partial charge >= 0.3 is 0 Å². The van der Waals surface area contributed by atoms with Crippen LogP contribution in [-0.2, 0) is 15.1 Å². The van der Waals surface area contributed by atoms with Crippen molar-refractivity contribution in [3.63, 3.8) is 0 Å². The molecule has 0 saturated carbocycles. The summed E-state index contributed by atoms with van der Waals surface area (Å²) >= 11 is 0. The van der Waals surface area contributed by atoms with Crippen LogP contribution < -0.4 is 10.6 Å². The number of aromatic nitrogens is 2. The van der Waals surface area contributed by atoms with Gasteiger partial charge in [0.25, 0.3) is 12.4 Å². The van der Waals surface area contributed by atoms with Gasteiger partial charge in [-0.2, -0.15) is 5.10 Å². The van der Waals surface area contributed by atoms with E-state index in [1.807, 2.05) is 39.0 Å². The van der Waals surface area contributed by atoms with E-state index in [1.54, 1.807) is 36.0 Å². The molecule has 2 aromatic carbocycles. The number of hydrogen-bond acceptors (Lipinski definition) is 5. The number of ether oxygens (including phenoxy) is 1. The van der Waals surface area contributed by atoms with Gasteiger partial charge in [-0.15, -0.1) is 0 Å². The first-order valence-corrected chi connectivity index (χ1v) is 12.4. The van der Waals surface area contributed by atoms with E-state index in [0.29, 0.717) is 30.0 Å². The molecule has 0 aliphatic carbocycles. The molecule has 0 spiro atoms. The lowest BCUT2D eigenvalue weighted by Gasteiger charge is -2.23. The summed E-state index contributed by atoms with van der Waals surface area (Å²) in [7, 11) is 0. The lowest BCUT2D eigenvalue weighted by molar-refractivity contribution is -0.128. The summed E-state index contributed by atoms with van der Waals surface area (Å²) in [6, 6.07) is 11.8. The van der Waals surface area contributed by atoms with Crippen LogP contribution in [0.5, 0.6) is 0 Å². The molecule has 0 radical (unpaired) electrons. The standard InChI is InChI=1S/C26H31FN4O.C3H6O2/c1-6-8-15-28-23-16-21(14-11-18(23)7-2)30-25(32)22-17-29-31(26(3,4)5)24(22)19-9-12-20(27)13-10-19;1-2-5-3-4/h7,9-14,16-17,28H,2,6,8,15H2,1,3-5H3,(H,30,32);3H,2H2,1H3. The number of unbranched alkanes of at least 4 members (excludes halogenated alkanes) is 1. The SMILES string of the molecule is C=Cc1ccc(NC(=O)c2cnn(C(C)(C)C)c2-c2ccc(F)cc2)cc1NCCCC.CCOC=O. The molecular weight excluding hydrogens is 471 g/mol. The number of anilines is 2. The molecule has 3 aromatic rings. The van der Waals surface area contributed by atoms with Crippen molar-refractivity contribution in [1.29, 1.82) is 0 Å². The molecule has 2 N–H and O–H groups in total. The topological polar surface area (TPSA) is 85.2 Å². The van der Waals surface area contributed by atoms with Crippen LogP contribution in [0, 0.1) is 5.82 Å². The van der Waals surface area contributed by atoms with Crippen molar-refractivity contribution in [1.82, 2.24) is 9.78 Å². The second-order valence-corrected chi connectivity index (χ2v) is 9.29. The fraction of sp³-hybridized carbons (Fsp3) is 0.345. The Hall–Kier alpha value is -3.94. The van der Waals surface area contributed by atoms with Crippen LogP contribution >= 0.6 is 0 Å². The summed E-state index contributed by atoms with van der Waals surface area (Å²) in [5.74, 6) is -0.599. The van der Waals surface area contributed by atoms with Crippen LogP contribution in [0.15, 0.2) is 55.2 Å². The second kappa shape index (κ2) is 14.0. The van der Waals surface area contributed by atoms with E-state index in [0.717, 1.165) is 36.2 Å². The van der Waals surface area contributed by atoms with Gasteiger partial charge in [0, 0.05) is 23.5 Å². The van der Waals surface area contributed by atoms with E-state index < -0.39 is 0 Å². The van der Waals surface area contributed by atoms with Crippen LogP contribution in [0.25, 0.3) is 17.3 Å². The van der Waals surface area contributed by atoms with E-state index in [4.69, 9.17) is 0 Å². The van der Waals surface area contributed by atoms with Crippen LogP contribution in [0.3, 0.4) is 0 Å². The minimum Gasteiger partial charge on any atom is -0.468 e. The number of carbonyl (C=O) groups is 2. The zero-order chi connectivity index (χ0) is 27.4. The van der Waals surface area contributed by atoms with Gasteiger partial charge in [0.05, 0.1) is 29.6 Å². The van der Waals surface area contributed by atoms with E-state index in [2.05, 4.69) is 34.0 Å². The van der Waals surface area contributed by atoms with Gasteiger partial charge in [-0.3, -0.25) is 14.3 Å². The first-order chi connectivity index (χ1) is 17.7. The van der Waals surface area contributed by atoms with Crippen LogP contribution in [-0.4, -0.2) is 35.3 Å². The Bertz CT molecular complexity index is 1180. The molecule has 0 atom stereocenters. The van der Waals surface area contributed by atoms with E-state index in [1.165, 1.54) is 12.1 Å². The molecule has 1 aromatic heterocycles. The summed E-state index contributed by atoms with van der Waals surface area (Å²) < 4.78 is 19.5. The third kappa shape index (κ3) is 8.31. The third-order valence-corrected chi connectivity index (χ3v) is 5.38. The van der Waals surface area contributed by atoms with Gasteiger partial charge in [0.2, 0.25) is 0 Å². The lowest BCUT2D eigenvalue weighted by Crippen LogP contribution is -2.24. The Kier molecular flexibility index (Phi) is 11.1. The molecule has 8 heteroatoms. The molecule has 0 fully saturated rings. The molecule has 7 nitrogen and oxygen atoms in total. The highest BCUT2D eigenvalue weighted by molar-refractivity contribution is 6.08. The Morgan fingerprint density at radius 3 is 2.41 bits per heavy atom. The van der Waals surface area contributed by atoms with E-state index in [-0.39, 0.29) is 17.3 Å². The van der Waals surface area contributed by atoms with Gasteiger partial charge < -0.3 is 15.4 Å². The number of nitrogens with one attached hydrogen (secondary N) is 2. The number of rotatable bonds is 10. The maximum atomic E-state index is 13.5. The van der Waals surface area contributed by atoms with Crippen molar-refractivity contribution in [2.24, 2.45) is 0 Å². The highest BCUT2D eigenvalue weighted by atomic mass is 19.1. The fourth-order valence-electron chi connectivity index (χ4n) is 3.54. The average Bonchev–Trinajstić information content (AvgIpc) is 3.32. The summed E-state index contributed by atoms with van der Waals surface area (Å²) in [5, 5.41) is 10.9. The summed E-state index contributed by atoms with van der Waals surface area (Å²) in [4.78, 5) is 22.4. The fourth-order valence-corrected chi connectivity index (χ4v) is 3.54. The molecule has 1 amide bonds. The summed E-state index contributed by atoms with van der Waals surface area (Å²) in [6.45, 7) is 15.6. The van der Waals surface area contributed by atoms with Gasteiger partial charge in [-0.1, -0.05) is 32.1 Å². The first-order valence-electron chi connectivity index (χ1n) is 12.4. The Balaban J connectivity index is 0.000000877. The van der Waals surface area contributed by atoms with E-state index >= 15 is 0 Å². The van der Waals surface area contributed by atoms with Crippen molar-refractivity contribution >= 4 is 29.8 Å². The maximum absolute atomic E-state index is 13.5. The molecule has 198 valence electrons. The smallest absolute Gasteiger partial charge is 0.293 e. The number of hydrogen-bond donors (Lipinski definition) is 2. The van der Waals surface area contributed by atoms with Crippen LogP contribution in [0.4, 0.5) is 15.8 Å². The minimum absolute atomic E-state index is 0.273. The Morgan fingerprint density at radius 1 is 1.16 bits per heavy atom. The highest BCUT2D eigenvalue weighted by Crippen LogP contribution is 2.30. The van der Waals surface area contributed by atoms with Crippen molar-refractivity contribution in [3.05, 3.63) is 72.2 Å². The summed E-state index contributed by atoms with van der Waals surface area (Å²) in [5.41, 5.74) is 4.03. The second-order valence-electron chi connectivity index (χ2n) is 9.29. The highest BCUT2D eigenvalue weighted by Gasteiger charge is 2.25. The van der Waals surface area contributed by atoms with Crippen molar-refractivity contribution in [3.8, 4) is 11.3 Å². The molecule has 0 bridgehead atoms. The van der Waals surface area contributed by atoms with E-state index in [9.17, 15) is 14.0 Å². The molecule has 3 rings (SSSR count). The number of amides is 1. The van der Waals surface area contributed by atoms with Crippen LogP contribution in [0.2, 0.25) is 0 Å². The van der Waals surface area contributed by atoms with Gasteiger partial charge in [-0.25, -0.2) is 4.39 Å². The quantitative estimate of drug-likeness (QED) is 0.234. The lowest BCUT2D eigenvalue weighted by atomic mass is 10.0. The molecule has 0 unspecified atom stereocenters. The van der Waals surface area contributed by atoms with Crippen molar-refractivity contribution < 1.29 is 18.7 Å². The maximum Gasteiger partial charge on any atom is 0.293 e. The molecule has 0 saturated heterocycles. The Morgan fingerprint density at radius 2 is 1.86 bits per heavy atom. The zero-order valence-corrected chi connectivity index (χ0v) is 22.3. The first kappa shape index (κ1) is 29.3. The predicted molar refractivity (Wildman–Crippen MR) is 148 cm³/mol. The molecule has 0 aliphatic heterocycles. The van der Waals surface area contributed by atoms with Gasteiger partial charge in [-0.05, 0) is 76.1 Å². The van der Waals surface area contributed by atoms with Gasteiger partial charge in [0.15, 0.2) is 0 Å². The van der Waals surface area contributed by atoms with Crippen molar-refractivity contribution in [2.45, 2.75) is 53.0 Å². The number of benzene rings is 2. The zero-order valence-electron chi connectivity index (χ0n) is 22.3. The predicted octanol–water partition coefficient (Wildman–Crippen LogP) is 6.73. The van der Waals surface area contributed by atoms with Crippen LogP contribution in [0.1, 0.15) is 63.4 Å². The average molecular weight is 509 g/mol.